The summed E-state index contributed by atoms with van der Waals surface area (Å²) in [5.41, 5.74) is 2.40. The quantitative estimate of drug-likeness (QED) is 0.501. The molecule has 1 heterocycles. The minimum absolute atomic E-state index is 0.378. The van der Waals surface area contributed by atoms with Crippen molar-refractivity contribution in [3.63, 3.8) is 0 Å². The third kappa shape index (κ3) is 4.04. The fourth-order valence-corrected chi connectivity index (χ4v) is 5.04. The first-order valence-electron chi connectivity index (χ1n) is 11.7. The monoisotopic (exact) mass is 485 g/mol. The van der Waals surface area contributed by atoms with Crippen molar-refractivity contribution in [1.82, 2.24) is 15.5 Å². The van der Waals surface area contributed by atoms with Crippen LogP contribution in [0, 0.1) is 0 Å². The van der Waals surface area contributed by atoms with Gasteiger partial charge in [-0.15, -0.1) is 0 Å². The first-order valence-corrected chi connectivity index (χ1v) is 11.7. The topological polar surface area (TPSA) is 97.0 Å². The van der Waals surface area contributed by atoms with E-state index in [4.69, 9.17) is 9.47 Å². The summed E-state index contributed by atoms with van der Waals surface area (Å²) < 4.78 is 10.5. The molecule has 0 radical (unpaired) electrons. The molecule has 1 atom stereocenters. The van der Waals surface area contributed by atoms with Gasteiger partial charge < -0.3 is 20.1 Å². The molecule has 1 aliphatic carbocycles. The molecule has 0 saturated carbocycles. The molecule has 1 saturated heterocycles. The van der Waals surface area contributed by atoms with E-state index in [0.717, 1.165) is 27.2 Å². The zero-order chi connectivity index (χ0) is 25.3. The van der Waals surface area contributed by atoms with Crippen LogP contribution in [0.1, 0.15) is 34.7 Å². The summed E-state index contributed by atoms with van der Waals surface area (Å²) in [5.74, 6) is 0.552. The van der Waals surface area contributed by atoms with Gasteiger partial charge in [-0.2, -0.15) is 0 Å². The fourth-order valence-electron chi connectivity index (χ4n) is 5.04. The summed E-state index contributed by atoms with van der Waals surface area (Å²) in [6.45, 7) is -0.378. The number of nitrogens with zero attached hydrogens (tertiary/aromatic N) is 1. The lowest BCUT2D eigenvalue weighted by molar-refractivity contribution is -0.135. The van der Waals surface area contributed by atoms with Crippen molar-refractivity contribution in [2.75, 3.05) is 20.8 Å². The molecule has 1 aliphatic heterocycles. The Morgan fingerprint density at radius 2 is 1.53 bits per heavy atom. The number of hydrogen-bond donors (Lipinski definition) is 2. The Bertz CT molecular complexity index is 1260. The molecule has 184 valence electrons. The van der Waals surface area contributed by atoms with E-state index in [2.05, 4.69) is 10.6 Å². The van der Waals surface area contributed by atoms with Crippen LogP contribution in [-0.2, 0) is 21.5 Å². The Hall–Kier alpha value is -4.33. The lowest BCUT2D eigenvalue weighted by Gasteiger charge is -2.23. The summed E-state index contributed by atoms with van der Waals surface area (Å²) in [6.07, 6.45) is 1.18. The van der Waals surface area contributed by atoms with Crippen LogP contribution in [0.5, 0.6) is 11.5 Å². The highest BCUT2D eigenvalue weighted by molar-refractivity contribution is 6.10. The molecule has 3 aromatic rings. The van der Waals surface area contributed by atoms with Crippen LogP contribution in [0.2, 0.25) is 0 Å². The molecule has 4 amide bonds. The lowest BCUT2D eigenvalue weighted by Crippen LogP contribution is -2.44. The number of nitrogens with one attached hydrogen (secondary N) is 2. The van der Waals surface area contributed by atoms with Crippen LogP contribution in [0.15, 0.2) is 72.8 Å². The van der Waals surface area contributed by atoms with Gasteiger partial charge in [0.05, 0.1) is 20.3 Å². The maximum Gasteiger partial charge on any atom is 0.325 e. The molecule has 8 heteroatoms. The van der Waals surface area contributed by atoms with Crippen molar-refractivity contribution in [1.29, 1.82) is 0 Å². The van der Waals surface area contributed by atoms with E-state index in [0.29, 0.717) is 24.3 Å². The minimum atomic E-state index is -1.10. The molecule has 3 aromatic carbocycles. The standard InChI is InChI=1S/C28H27N3O5/c1-35-21-11-7-19(8-12-21)25(20-9-13-22(36-2)14-10-20)29-24(32)17-31-26(33)28(30-27(31)34)16-15-18-5-3-4-6-23(18)28/h3-14,25H,15-17H2,1-2H3,(H,29,32)(H,30,34)/t28-/m1/s1. The third-order valence-corrected chi connectivity index (χ3v) is 6.93. The zero-order valence-electron chi connectivity index (χ0n) is 20.1. The van der Waals surface area contributed by atoms with Crippen LogP contribution < -0.4 is 20.1 Å². The van der Waals surface area contributed by atoms with Crippen molar-refractivity contribution in [2.24, 2.45) is 0 Å². The first kappa shape index (κ1) is 23.4. The fraction of sp³-hybridized carbons (Fsp3) is 0.250. The molecule has 36 heavy (non-hydrogen) atoms. The molecular weight excluding hydrogens is 458 g/mol. The Morgan fingerprint density at radius 3 is 2.11 bits per heavy atom. The Kier molecular flexibility index (Phi) is 6.10. The average molecular weight is 486 g/mol. The van der Waals surface area contributed by atoms with Crippen LogP contribution >= 0.6 is 0 Å². The highest BCUT2D eigenvalue weighted by Gasteiger charge is 2.55. The number of benzene rings is 3. The Labute approximate surface area is 209 Å². The second kappa shape index (κ2) is 9.37. The van der Waals surface area contributed by atoms with E-state index in [1.165, 1.54) is 0 Å². The first-order chi connectivity index (χ1) is 17.4. The number of fused-ring (bicyclic) bond motifs is 2. The van der Waals surface area contributed by atoms with E-state index in [-0.39, 0.29) is 6.54 Å². The molecule has 1 spiro atoms. The van der Waals surface area contributed by atoms with Crippen molar-refractivity contribution in [3.05, 3.63) is 95.1 Å². The van der Waals surface area contributed by atoms with Gasteiger partial charge in [-0.1, -0.05) is 48.5 Å². The molecule has 0 aromatic heterocycles. The number of imide groups is 1. The number of rotatable bonds is 7. The number of ether oxygens (including phenoxy) is 2. The Morgan fingerprint density at radius 1 is 0.944 bits per heavy atom. The lowest BCUT2D eigenvalue weighted by atomic mass is 9.92. The second-order valence-corrected chi connectivity index (χ2v) is 8.93. The highest BCUT2D eigenvalue weighted by atomic mass is 16.5. The van der Waals surface area contributed by atoms with Gasteiger partial charge in [0.25, 0.3) is 5.91 Å². The number of amides is 4. The normalized spacial score (nSPS) is 18.4. The van der Waals surface area contributed by atoms with E-state index < -0.39 is 29.4 Å². The van der Waals surface area contributed by atoms with E-state index >= 15 is 0 Å². The molecular formula is C28H27N3O5. The van der Waals surface area contributed by atoms with E-state index in [9.17, 15) is 14.4 Å². The zero-order valence-corrected chi connectivity index (χ0v) is 20.1. The summed E-state index contributed by atoms with van der Waals surface area (Å²) in [4.78, 5) is 40.5. The smallest absolute Gasteiger partial charge is 0.325 e. The Balaban J connectivity index is 1.37. The van der Waals surface area contributed by atoms with Crippen molar-refractivity contribution >= 4 is 17.8 Å². The van der Waals surface area contributed by atoms with Crippen molar-refractivity contribution < 1.29 is 23.9 Å². The highest BCUT2D eigenvalue weighted by Crippen LogP contribution is 2.41. The van der Waals surface area contributed by atoms with E-state index in [1.54, 1.807) is 14.2 Å². The molecule has 1 fully saturated rings. The predicted molar refractivity (Wildman–Crippen MR) is 133 cm³/mol. The number of carbonyl (C=O) groups excluding carboxylic acids is 3. The number of hydrogen-bond acceptors (Lipinski definition) is 5. The van der Waals surface area contributed by atoms with Crippen LogP contribution in [0.25, 0.3) is 0 Å². The molecule has 8 nitrogen and oxygen atoms in total. The van der Waals surface area contributed by atoms with Crippen LogP contribution in [0.4, 0.5) is 4.79 Å². The number of carbonyl (C=O) groups is 3. The molecule has 0 bridgehead atoms. The van der Waals surface area contributed by atoms with Gasteiger partial charge >= 0.3 is 6.03 Å². The van der Waals surface area contributed by atoms with Gasteiger partial charge in [0.2, 0.25) is 5.91 Å². The molecule has 2 aliphatic rings. The van der Waals surface area contributed by atoms with Crippen molar-refractivity contribution in [3.8, 4) is 11.5 Å². The number of aryl methyl sites for hydroxylation is 1. The average Bonchev–Trinajstić information content (AvgIpc) is 3.40. The van der Waals surface area contributed by atoms with Gasteiger partial charge in [-0.3, -0.25) is 14.5 Å². The third-order valence-electron chi connectivity index (χ3n) is 6.93. The predicted octanol–water partition coefficient (Wildman–Crippen LogP) is 3.30. The maximum atomic E-state index is 13.4. The minimum Gasteiger partial charge on any atom is -0.497 e. The van der Waals surface area contributed by atoms with Gasteiger partial charge in [-0.05, 0) is 59.4 Å². The second-order valence-electron chi connectivity index (χ2n) is 8.93. The summed E-state index contributed by atoms with van der Waals surface area (Å²) >= 11 is 0. The van der Waals surface area contributed by atoms with Gasteiger partial charge in [0, 0.05) is 0 Å². The summed E-state index contributed by atoms with van der Waals surface area (Å²) in [6, 6.07) is 21.3. The maximum absolute atomic E-state index is 13.4. The molecule has 5 rings (SSSR count). The summed E-state index contributed by atoms with van der Waals surface area (Å²) in [5, 5.41) is 5.86. The molecule has 2 N–H and O–H groups in total. The number of methoxy groups -OCH3 is 2. The van der Waals surface area contributed by atoms with Crippen molar-refractivity contribution in [2.45, 2.75) is 24.4 Å². The SMILES string of the molecule is COc1ccc(C(NC(=O)CN2C(=O)N[C@@]3(CCc4ccccc43)C2=O)c2ccc(OC)cc2)cc1. The van der Waals surface area contributed by atoms with Gasteiger partial charge in [0.1, 0.15) is 23.6 Å². The van der Waals surface area contributed by atoms with Gasteiger partial charge in [0.15, 0.2) is 0 Å². The van der Waals surface area contributed by atoms with E-state index in [1.807, 2.05) is 72.8 Å². The summed E-state index contributed by atoms with van der Waals surface area (Å²) in [7, 11) is 3.18. The van der Waals surface area contributed by atoms with Gasteiger partial charge in [-0.25, -0.2) is 4.79 Å². The largest absolute Gasteiger partial charge is 0.497 e. The number of urea groups is 1. The molecule has 0 unspecified atom stereocenters. The van der Waals surface area contributed by atoms with Crippen LogP contribution in [-0.4, -0.2) is 43.5 Å². The van der Waals surface area contributed by atoms with Crippen LogP contribution in [0.3, 0.4) is 0 Å².